The van der Waals surface area contributed by atoms with E-state index in [1.807, 2.05) is 6.07 Å². The largest absolute Gasteiger partial charge is 0.479 e. The highest BCUT2D eigenvalue weighted by Gasteiger charge is 2.11. The lowest BCUT2D eigenvalue weighted by Gasteiger charge is -2.08. The van der Waals surface area contributed by atoms with Gasteiger partial charge in [-0.1, -0.05) is 0 Å². The van der Waals surface area contributed by atoms with Gasteiger partial charge >= 0.3 is 5.97 Å². The number of aliphatic carboxylic acids is 1. The highest BCUT2D eigenvalue weighted by molar-refractivity contribution is 5.90. The Labute approximate surface area is 110 Å². The first-order valence-electron chi connectivity index (χ1n) is 5.67. The Morgan fingerprint density at radius 3 is 2.58 bits per heavy atom. The Morgan fingerprint density at radius 2 is 2.05 bits per heavy atom. The minimum Gasteiger partial charge on any atom is -0.479 e. The molecule has 0 spiro atoms. The molecule has 0 unspecified atom stereocenters. The number of anilines is 1. The van der Waals surface area contributed by atoms with Crippen LogP contribution in [0, 0.1) is 11.3 Å². The van der Waals surface area contributed by atoms with Crippen molar-refractivity contribution in [3.63, 3.8) is 0 Å². The third-order valence-electron chi connectivity index (χ3n) is 2.34. The van der Waals surface area contributed by atoms with E-state index in [0.717, 1.165) is 0 Å². The number of ether oxygens (including phenoxy) is 1. The van der Waals surface area contributed by atoms with Gasteiger partial charge in [-0.2, -0.15) is 5.26 Å². The molecule has 0 bridgehead atoms. The third-order valence-corrected chi connectivity index (χ3v) is 2.34. The number of rotatable bonds is 6. The van der Waals surface area contributed by atoms with Crippen molar-refractivity contribution >= 4 is 17.6 Å². The highest BCUT2D eigenvalue weighted by atomic mass is 16.5. The fourth-order valence-corrected chi connectivity index (χ4v) is 1.25. The summed E-state index contributed by atoms with van der Waals surface area (Å²) in [5.74, 6) is -1.34. The van der Waals surface area contributed by atoms with Crippen LogP contribution in [-0.2, 0) is 14.3 Å². The maximum absolute atomic E-state index is 11.5. The number of nitrogens with one attached hydrogen (secondary N) is 1. The number of nitriles is 1. The van der Waals surface area contributed by atoms with Gasteiger partial charge in [-0.05, 0) is 31.2 Å². The standard InChI is InChI=1S/C13H14N2O4/c1-9(13(17)18)19-7-6-12(16)15-11-4-2-10(8-14)3-5-11/h2-5,9H,6-7H2,1H3,(H,15,16)(H,17,18)/t9-/m1/s1. The lowest BCUT2D eigenvalue weighted by atomic mass is 10.2. The number of hydrogen-bond donors (Lipinski definition) is 2. The molecular formula is C13H14N2O4. The molecule has 0 saturated heterocycles. The van der Waals surface area contributed by atoms with E-state index in [-0.39, 0.29) is 18.9 Å². The van der Waals surface area contributed by atoms with Gasteiger partial charge in [0, 0.05) is 5.69 Å². The number of hydrogen-bond acceptors (Lipinski definition) is 4. The predicted molar refractivity (Wildman–Crippen MR) is 67.5 cm³/mol. The second-order valence-corrected chi connectivity index (χ2v) is 3.84. The smallest absolute Gasteiger partial charge is 0.332 e. The lowest BCUT2D eigenvalue weighted by molar-refractivity contribution is -0.149. The number of carbonyl (C=O) groups excluding carboxylic acids is 1. The summed E-state index contributed by atoms with van der Waals surface area (Å²) in [6.45, 7) is 1.44. The van der Waals surface area contributed by atoms with E-state index < -0.39 is 12.1 Å². The lowest BCUT2D eigenvalue weighted by Crippen LogP contribution is -2.22. The molecule has 0 aliphatic carbocycles. The van der Waals surface area contributed by atoms with Crippen LogP contribution in [0.2, 0.25) is 0 Å². The van der Waals surface area contributed by atoms with Gasteiger partial charge in [-0.15, -0.1) is 0 Å². The van der Waals surface area contributed by atoms with Crippen molar-refractivity contribution in [3.05, 3.63) is 29.8 Å². The molecule has 0 aromatic heterocycles. The predicted octanol–water partition coefficient (Wildman–Crippen LogP) is 1.38. The Hall–Kier alpha value is -2.39. The molecule has 100 valence electrons. The van der Waals surface area contributed by atoms with Crippen LogP contribution in [0.1, 0.15) is 18.9 Å². The van der Waals surface area contributed by atoms with E-state index in [9.17, 15) is 9.59 Å². The fraction of sp³-hybridized carbons (Fsp3) is 0.308. The number of amides is 1. The summed E-state index contributed by atoms with van der Waals surface area (Å²) in [6, 6.07) is 8.41. The molecule has 19 heavy (non-hydrogen) atoms. The van der Waals surface area contributed by atoms with Crippen LogP contribution >= 0.6 is 0 Å². The number of carboxylic acid groups (broad SMARTS) is 1. The van der Waals surface area contributed by atoms with Crippen molar-refractivity contribution in [2.45, 2.75) is 19.4 Å². The molecule has 0 heterocycles. The molecule has 0 aliphatic heterocycles. The molecule has 6 heteroatoms. The van der Waals surface area contributed by atoms with E-state index in [2.05, 4.69) is 5.32 Å². The van der Waals surface area contributed by atoms with Crippen molar-refractivity contribution < 1.29 is 19.4 Å². The maximum atomic E-state index is 11.5. The van der Waals surface area contributed by atoms with Gasteiger partial charge in [0.1, 0.15) is 0 Å². The van der Waals surface area contributed by atoms with Crippen LogP contribution in [0.25, 0.3) is 0 Å². The number of carboxylic acids is 1. The summed E-state index contributed by atoms with van der Waals surface area (Å²) in [4.78, 5) is 22.0. The van der Waals surface area contributed by atoms with Gasteiger partial charge < -0.3 is 15.2 Å². The first kappa shape index (κ1) is 14.7. The maximum Gasteiger partial charge on any atom is 0.332 e. The molecule has 1 aromatic carbocycles. The van der Waals surface area contributed by atoms with Crippen LogP contribution in [0.15, 0.2) is 24.3 Å². The number of benzene rings is 1. The molecule has 0 aliphatic rings. The summed E-state index contributed by atoms with van der Waals surface area (Å²) < 4.78 is 4.94. The molecule has 0 fully saturated rings. The van der Waals surface area contributed by atoms with Gasteiger partial charge in [-0.25, -0.2) is 4.79 Å². The zero-order valence-electron chi connectivity index (χ0n) is 10.4. The summed E-state index contributed by atoms with van der Waals surface area (Å²) in [7, 11) is 0. The molecule has 1 rings (SSSR count). The van der Waals surface area contributed by atoms with Crippen molar-refractivity contribution in [1.29, 1.82) is 5.26 Å². The van der Waals surface area contributed by atoms with Gasteiger partial charge in [0.15, 0.2) is 6.10 Å². The van der Waals surface area contributed by atoms with Gasteiger partial charge in [-0.3, -0.25) is 4.79 Å². The minimum absolute atomic E-state index is 0.0373. The molecule has 1 aromatic rings. The van der Waals surface area contributed by atoms with Crippen molar-refractivity contribution in [3.8, 4) is 6.07 Å². The first-order chi connectivity index (χ1) is 9.02. The van der Waals surface area contributed by atoms with Gasteiger partial charge in [0.25, 0.3) is 0 Å². The molecule has 6 nitrogen and oxygen atoms in total. The molecule has 1 atom stereocenters. The van der Waals surface area contributed by atoms with Crippen molar-refractivity contribution in [2.24, 2.45) is 0 Å². The second kappa shape index (κ2) is 7.13. The van der Waals surface area contributed by atoms with Crippen LogP contribution in [0.4, 0.5) is 5.69 Å². The summed E-state index contributed by atoms with van der Waals surface area (Å²) in [5, 5.41) is 19.8. The monoisotopic (exact) mass is 262 g/mol. The van der Waals surface area contributed by atoms with E-state index in [1.54, 1.807) is 24.3 Å². The number of nitrogens with zero attached hydrogens (tertiary/aromatic N) is 1. The van der Waals surface area contributed by atoms with Crippen LogP contribution in [0.3, 0.4) is 0 Å². The first-order valence-corrected chi connectivity index (χ1v) is 5.67. The summed E-state index contributed by atoms with van der Waals surface area (Å²) >= 11 is 0. The minimum atomic E-state index is -1.06. The highest BCUT2D eigenvalue weighted by Crippen LogP contribution is 2.09. The van der Waals surface area contributed by atoms with Crippen LogP contribution < -0.4 is 5.32 Å². The van der Waals surface area contributed by atoms with Crippen LogP contribution in [-0.4, -0.2) is 29.7 Å². The van der Waals surface area contributed by atoms with E-state index in [0.29, 0.717) is 11.3 Å². The van der Waals surface area contributed by atoms with E-state index in [1.165, 1.54) is 6.92 Å². The normalized spacial score (nSPS) is 11.4. The average molecular weight is 262 g/mol. The Kier molecular flexibility index (Phi) is 5.51. The van der Waals surface area contributed by atoms with Gasteiger partial charge in [0.05, 0.1) is 24.7 Å². The fourth-order valence-electron chi connectivity index (χ4n) is 1.25. The SMILES string of the molecule is C[C@@H](OCCC(=O)Nc1ccc(C#N)cc1)C(=O)O. The average Bonchev–Trinajstić information content (AvgIpc) is 2.39. The zero-order chi connectivity index (χ0) is 14.3. The Morgan fingerprint density at radius 1 is 1.42 bits per heavy atom. The Balaban J connectivity index is 2.35. The van der Waals surface area contributed by atoms with Crippen molar-refractivity contribution in [1.82, 2.24) is 0 Å². The summed E-state index contributed by atoms with van der Waals surface area (Å²) in [5.41, 5.74) is 1.09. The quantitative estimate of drug-likeness (QED) is 0.806. The molecule has 1 amide bonds. The van der Waals surface area contributed by atoms with Gasteiger partial charge in [0.2, 0.25) is 5.91 Å². The molecule has 0 radical (unpaired) electrons. The van der Waals surface area contributed by atoms with E-state index in [4.69, 9.17) is 15.1 Å². The Bertz CT molecular complexity index is 490. The molecular weight excluding hydrogens is 248 g/mol. The topological polar surface area (TPSA) is 99.4 Å². The van der Waals surface area contributed by atoms with Crippen molar-refractivity contribution in [2.75, 3.05) is 11.9 Å². The zero-order valence-corrected chi connectivity index (χ0v) is 10.4. The van der Waals surface area contributed by atoms with E-state index >= 15 is 0 Å². The summed E-state index contributed by atoms with van der Waals surface area (Å²) in [6.07, 6.45) is -0.861. The molecule has 2 N–H and O–H groups in total. The second-order valence-electron chi connectivity index (χ2n) is 3.84. The third kappa shape index (κ3) is 5.19. The van der Waals surface area contributed by atoms with Crippen LogP contribution in [0.5, 0.6) is 0 Å². The molecule has 0 saturated carbocycles. The number of carbonyl (C=O) groups is 2.